The van der Waals surface area contributed by atoms with E-state index in [9.17, 15) is 4.79 Å². The summed E-state index contributed by atoms with van der Waals surface area (Å²) < 4.78 is 20.5. The van der Waals surface area contributed by atoms with Crippen LogP contribution < -0.4 is 9.47 Å². The third-order valence-corrected chi connectivity index (χ3v) is 3.53. The quantitative estimate of drug-likeness (QED) is 0.368. The molecule has 0 bridgehead atoms. The molecule has 27 heavy (non-hydrogen) atoms. The van der Waals surface area contributed by atoms with E-state index in [1.54, 1.807) is 14.0 Å². The van der Waals surface area contributed by atoms with E-state index in [-0.39, 0.29) is 0 Å². The van der Waals surface area contributed by atoms with E-state index in [1.165, 1.54) is 25.0 Å². The minimum absolute atomic E-state index is 0.324. The van der Waals surface area contributed by atoms with Crippen LogP contribution in [-0.2, 0) is 14.3 Å². The Balaban J connectivity index is 1.99. The van der Waals surface area contributed by atoms with Crippen molar-refractivity contribution >= 4 is 5.97 Å². The number of hydrogen-bond acceptors (Lipinski definition) is 5. The lowest BCUT2D eigenvalue weighted by Gasteiger charge is -2.08. The Hall–Kier alpha value is -3.47. The monoisotopic (exact) mass is 366 g/mol. The standard InChI is InChI=1S/C22H22O5/c1-16(2)22(23)27-14-13-25-20-8-5-18(6-9-20)19-7-10-21(17(3)15-19)26-12-11-24-4/h5-15H,1H2,2-4H3/b12-11-,14-13-. The van der Waals surface area contributed by atoms with Crippen LogP contribution in [0.4, 0.5) is 0 Å². The van der Waals surface area contributed by atoms with Crippen molar-refractivity contribution in [2.45, 2.75) is 13.8 Å². The zero-order chi connectivity index (χ0) is 19.6. The minimum Gasteiger partial charge on any atom is -0.501 e. The van der Waals surface area contributed by atoms with Crippen molar-refractivity contribution in [2.75, 3.05) is 7.11 Å². The second-order valence-electron chi connectivity index (χ2n) is 5.71. The lowest BCUT2D eigenvalue weighted by molar-refractivity contribution is -0.133. The van der Waals surface area contributed by atoms with Crippen molar-refractivity contribution in [1.29, 1.82) is 0 Å². The SMILES string of the molecule is C=C(C)C(=O)O/C=C\Oc1ccc(-c2ccc(O/C=C\OC)c(C)c2)cc1. The lowest BCUT2D eigenvalue weighted by Crippen LogP contribution is -1.99. The molecule has 2 aromatic rings. The maximum Gasteiger partial charge on any atom is 0.338 e. The highest BCUT2D eigenvalue weighted by molar-refractivity contribution is 5.87. The highest BCUT2D eigenvalue weighted by Crippen LogP contribution is 2.27. The van der Waals surface area contributed by atoms with Gasteiger partial charge in [0.25, 0.3) is 0 Å². The minimum atomic E-state index is -0.495. The molecule has 0 atom stereocenters. The van der Waals surface area contributed by atoms with Crippen LogP contribution in [0.3, 0.4) is 0 Å². The molecule has 0 amide bonds. The van der Waals surface area contributed by atoms with Crippen molar-refractivity contribution in [2.24, 2.45) is 0 Å². The summed E-state index contributed by atoms with van der Waals surface area (Å²) >= 11 is 0. The van der Waals surface area contributed by atoms with E-state index < -0.39 is 5.97 Å². The zero-order valence-corrected chi connectivity index (χ0v) is 15.6. The van der Waals surface area contributed by atoms with Gasteiger partial charge in [0.2, 0.25) is 0 Å². The summed E-state index contributed by atoms with van der Waals surface area (Å²) in [5.74, 6) is 0.898. The number of carbonyl (C=O) groups excluding carboxylic acids is 1. The first-order chi connectivity index (χ1) is 13.0. The van der Waals surface area contributed by atoms with E-state index >= 15 is 0 Å². The summed E-state index contributed by atoms with van der Waals surface area (Å²) in [6, 6.07) is 13.5. The summed E-state index contributed by atoms with van der Waals surface area (Å²) in [7, 11) is 1.56. The summed E-state index contributed by atoms with van der Waals surface area (Å²) in [5.41, 5.74) is 3.44. The Labute approximate surface area is 159 Å². The Kier molecular flexibility index (Phi) is 7.26. The zero-order valence-electron chi connectivity index (χ0n) is 15.6. The Morgan fingerprint density at radius 3 is 2.22 bits per heavy atom. The van der Waals surface area contributed by atoms with Crippen molar-refractivity contribution < 1.29 is 23.7 Å². The summed E-state index contributed by atoms with van der Waals surface area (Å²) in [6.45, 7) is 7.05. The van der Waals surface area contributed by atoms with Crippen LogP contribution in [0.15, 0.2) is 79.7 Å². The predicted molar refractivity (Wildman–Crippen MR) is 104 cm³/mol. The molecular weight excluding hydrogens is 344 g/mol. The fourth-order valence-corrected chi connectivity index (χ4v) is 2.14. The maximum absolute atomic E-state index is 11.2. The molecule has 5 heteroatoms. The molecule has 0 fully saturated rings. The first-order valence-corrected chi connectivity index (χ1v) is 8.25. The third-order valence-electron chi connectivity index (χ3n) is 3.53. The molecule has 2 rings (SSSR count). The van der Waals surface area contributed by atoms with Gasteiger partial charge < -0.3 is 18.9 Å². The van der Waals surface area contributed by atoms with Gasteiger partial charge in [0, 0.05) is 5.57 Å². The normalized spacial score (nSPS) is 10.8. The molecule has 0 aromatic heterocycles. The Morgan fingerprint density at radius 1 is 0.926 bits per heavy atom. The molecule has 0 aliphatic heterocycles. The fourth-order valence-electron chi connectivity index (χ4n) is 2.14. The largest absolute Gasteiger partial charge is 0.501 e. The van der Waals surface area contributed by atoms with E-state index in [4.69, 9.17) is 18.9 Å². The third kappa shape index (κ3) is 6.08. The van der Waals surface area contributed by atoms with Crippen molar-refractivity contribution in [1.82, 2.24) is 0 Å². The highest BCUT2D eigenvalue weighted by atomic mass is 16.5. The summed E-state index contributed by atoms with van der Waals surface area (Å²) in [5, 5.41) is 0. The molecule has 0 radical (unpaired) electrons. The number of benzene rings is 2. The molecule has 0 aliphatic carbocycles. The smallest absolute Gasteiger partial charge is 0.338 e. The average molecular weight is 366 g/mol. The molecule has 0 heterocycles. The first kappa shape index (κ1) is 19.8. The van der Waals surface area contributed by atoms with Crippen molar-refractivity contribution in [3.8, 4) is 22.6 Å². The molecule has 0 unspecified atom stereocenters. The van der Waals surface area contributed by atoms with E-state index in [0.29, 0.717) is 11.3 Å². The topological polar surface area (TPSA) is 54.0 Å². The number of carbonyl (C=O) groups is 1. The second kappa shape index (κ2) is 9.87. The molecule has 0 saturated carbocycles. The summed E-state index contributed by atoms with van der Waals surface area (Å²) in [6.07, 6.45) is 5.46. The fraction of sp³-hybridized carbons (Fsp3) is 0.136. The summed E-state index contributed by atoms with van der Waals surface area (Å²) in [4.78, 5) is 11.2. The van der Waals surface area contributed by atoms with Crippen LogP contribution in [0.1, 0.15) is 12.5 Å². The Bertz CT molecular complexity index is 848. The van der Waals surface area contributed by atoms with Gasteiger partial charge in [-0.25, -0.2) is 4.79 Å². The van der Waals surface area contributed by atoms with Gasteiger partial charge in [-0.05, 0) is 54.8 Å². The number of ether oxygens (including phenoxy) is 4. The van der Waals surface area contributed by atoms with E-state index in [1.807, 2.05) is 49.4 Å². The van der Waals surface area contributed by atoms with E-state index in [2.05, 4.69) is 6.58 Å². The number of aryl methyl sites for hydroxylation is 1. The molecule has 140 valence electrons. The van der Waals surface area contributed by atoms with Crippen LogP contribution in [0.25, 0.3) is 11.1 Å². The van der Waals surface area contributed by atoms with Crippen LogP contribution in [-0.4, -0.2) is 13.1 Å². The molecule has 0 N–H and O–H groups in total. The van der Waals surface area contributed by atoms with Gasteiger partial charge in [-0.15, -0.1) is 0 Å². The lowest BCUT2D eigenvalue weighted by atomic mass is 10.0. The number of esters is 1. The molecule has 2 aromatic carbocycles. The first-order valence-electron chi connectivity index (χ1n) is 8.25. The molecule has 0 spiro atoms. The predicted octanol–water partition coefficient (Wildman–Crippen LogP) is 5.13. The van der Waals surface area contributed by atoms with Gasteiger partial charge >= 0.3 is 5.97 Å². The van der Waals surface area contributed by atoms with Crippen molar-refractivity contribution in [3.05, 3.63) is 85.2 Å². The van der Waals surface area contributed by atoms with Gasteiger partial charge in [-0.2, -0.15) is 0 Å². The van der Waals surface area contributed by atoms with Crippen LogP contribution >= 0.6 is 0 Å². The van der Waals surface area contributed by atoms with Gasteiger partial charge in [0.05, 0.1) is 7.11 Å². The molecule has 0 saturated heterocycles. The van der Waals surface area contributed by atoms with Gasteiger partial charge in [0.15, 0.2) is 0 Å². The van der Waals surface area contributed by atoms with Crippen LogP contribution in [0.5, 0.6) is 11.5 Å². The van der Waals surface area contributed by atoms with Crippen molar-refractivity contribution in [3.63, 3.8) is 0 Å². The Morgan fingerprint density at radius 2 is 1.59 bits per heavy atom. The van der Waals surface area contributed by atoms with Crippen LogP contribution in [0.2, 0.25) is 0 Å². The van der Waals surface area contributed by atoms with Crippen LogP contribution in [0, 0.1) is 6.92 Å². The number of hydrogen-bond donors (Lipinski definition) is 0. The van der Waals surface area contributed by atoms with Gasteiger partial charge in [-0.3, -0.25) is 0 Å². The second-order valence-corrected chi connectivity index (χ2v) is 5.71. The number of methoxy groups -OCH3 is 1. The van der Waals surface area contributed by atoms with E-state index in [0.717, 1.165) is 22.4 Å². The molecular formula is C22H22O5. The molecule has 5 nitrogen and oxygen atoms in total. The molecule has 0 aliphatic rings. The maximum atomic E-state index is 11.2. The number of rotatable bonds is 8. The average Bonchev–Trinajstić information content (AvgIpc) is 2.67. The highest BCUT2D eigenvalue weighted by Gasteiger charge is 2.04. The van der Waals surface area contributed by atoms with Gasteiger partial charge in [0.1, 0.15) is 36.5 Å². The van der Waals surface area contributed by atoms with Gasteiger partial charge in [-0.1, -0.05) is 24.8 Å².